The number of rotatable bonds is 4. The number of carbonyl (C=O) groups excluding carboxylic acids is 1. The van der Waals surface area contributed by atoms with Crippen molar-refractivity contribution < 1.29 is 9.53 Å². The van der Waals surface area contributed by atoms with E-state index in [2.05, 4.69) is 16.9 Å². The second-order valence-electron chi connectivity index (χ2n) is 4.25. The summed E-state index contributed by atoms with van der Waals surface area (Å²) >= 11 is 3.54. The van der Waals surface area contributed by atoms with Crippen molar-refractivity contribution in [3.63, 3.8) is 0 Å². The Morgan fingerprint density at radius 2 is 2.39 bits per heavy atom. The summed E-state index contributed by atoms with van der Waals surface area (Å²) in [6, 6.07) is 0.538. The summed E-state index contributed by atoms with van der Waals surface area (Å²) < 4.78 is 5.01. The number of hydrogen-bond donors (Lipinski definition) is 0. The summed E-state index contributed by atoms with van der Waals surface area (Å²) in [7, 11) is 2.06. The van der Waals surface area contributed by atoms with Crippen molar-refractivity contribution in [1.29, 1.82) is 0 Å². The van der Waals surface area contributed by atoms with Gasteiger partial charge in [0.15, 0.2) is 10.8 Å². The van der Waals surface area contributed by atoms with Crippen LogP contribution in [0.15, 0.2) is 0 Å². The summed E-state index contributed by atoms with van der Waals surface area (Å²) in [6.45, 7) is 4.12. The van der Waals surface area contributed by atoms with Gasteiger partial charge in [-0.15, -0.1) is 11.3 Å². The fourth-order valence-electron chi connectivity index (χ4n) is 1.91. The van der Waals surface area contributed by atoms with Crippen LogP contribution in [0.3, 0.4) is 0 Å². The van der Waals surface area contributed by atoms with Gasteiger partial charge in [-0.3, -0.25) is 0 Å². The van der Waals surface area contributed by atoms with E-state index in [0.717, 1.165) is 15.8 Å². The van der Waals surface area contributed by atoms with E-state index in [1.54, 1.807) is 11.3 Å². The first-order valence-electron chi connectivity index (χ1n) is 6.08. The second kappa shape index (κ2) is 5.93. The Morgan fingerprint density at radius 1 is 1.61 bits per heavy atom. The molecule has 1 aromatic heterocycles. The largest absolute Gasteiger partial charge is 0.461 e. The minimum Gasteiger partial charge on any atom is -0.461 e. The van der Waals surface area contributed by atoms with E-state index in [-0.39, 0.29) is 5.97 Å². The number of esters is 1. The first-order chi connectivity index (χ1) is 8.63. The zero-order valence-corrected chi connectivity index (χ0v) is 12.6. The Labute approximate surface area is 116 Å². The van der Waals surface area contributed by atoms with E-state index in [9.17, 15) is 4.79 Å². The molecule has 1 aliphatic heterocycles. The van der Waals surface area contributed by atoms with Crippen molar-refractivity contribution >= 4 is 34.2 Å². The highest BCUT2D eigenvalue weighted by atomic mass is 32.2. The molecule has 2 rings (SSSR count). The first-order valence-corrected chi connectivity index (χ1v) is 8.05. The molecule has 0 spiro atoms. The molecular weight excluding hydrogens is 268 g/mol. The molecule has 6 heteroatoms. The highest BCUT2D eigenvalue weighted by Crippen LogP contribution is 2.30. The molecule has 1 fully saturated rings. The van der Waals surface area contributed by atoms with Crippen LogP contribution in [-0.4, -0.2) is 42.2 Å². The van der Waals surface area contributed by atoms with Crippen molar-refractivity contribution in [2.24, 2.45) is 0 Å². The van der Waals surface area contributed by atoms with Gasteiger partial charge in [0.1, 0.15) is 0 Å². The molecule has 0 aliphatic carbocycles. The Morgan fingerprint density at radius 3 is 3.00 bits per heavy atom. The zero-order chi connectivity index (χ0) is 13.1. The number of thiazole rings is 1. The fraction of sp³-hybridized carbons (Fsp3) is 0.667. The number of aryl methyl sites for hydroxylation is 1. The molecule has 0 amide bonds. The minimum atomic E-state index is -0.313. The maximum Gasteiger partial charge on any atom is 0.358 e. The van der Waals surface area contributed by atoms with E-state index >= 15 is 0 Å². The Kier molecular flexibility index (Phi) is 4.50. The topological polar surface area (TPSA) is 42.4 Å². The van der Waals surface area contributed by atoms with Crippen LogP contribution in [0.4, 0.5) is 5.13 Å². The number of thioether (sulfide) groups is 1. The van der Waals surface area contributed by atoms with Crippen LogP contribution in [0.25, 0.3) is 0 Å². The normalized spacial score (nSPS) is 18.9. The summed E-state index contributed by atoms with van der Waals surface area (Å²) in [5, 5.41) is 0.919. The quantitative estimate of drug-likeness (QED) is 0.796. The highest BCUT2D eigenvalue weighted by Gasteiger charge is 2.24. The molecule has 0 radical (unpaired) electrons. The average molecular weight is 286 g/mol. The molecule has 1 unspecified atom stereocenters. The Hall–Kier alpha value is -0.750. The predicted molar refractivity (Wildman–Crippen MR) is 76.9 cm³/mol. The van der Waals surface area contributed by atoms with Crippen molar-refractivity contribution in [1.82, 2.24) is 4.98 Å². The molecule has 1 saturated heterocycles. The van der Waals surface area contributed by atoms with E-state index < -0.39 is 0 Å². The lowest BCUT2D eigenvalue weighted by Gasteiger charge is -2.22. The zero-order valence-electron chi connectivity index (χ0n) is 10.9. The molecule has 0 saturated carbocycles. The molecule has 0 bridgehead atoms. The minimum absolute atomic E-state index is 0.313. The number of hydrogen-bond acceptors (Lipinski definition) is 6. The molecule has 4 nitrogen and oxygen atoms in total. The van der Waals surface area contributed by atoms with Crippen LogP contribution in [0.2, 0.25) is 0 Å². The van der Waals surface area contributed by atoms with Gasteiger partial charge in [-0.1, -0.05) is 0 Å². The van der Waals surface area contributed by atoms with Crippen molar-refractivity contribution in [2.75, 3.05) is 30.1 Å². The summed E-state index contributed by atoms with van der Waals surface area (Å²) in [5.74, 6) is 2.04. The number of nitrogens with zero attached hydrogens (tertiary/aromatic N) is 2. The van der Waals surface area contributed by atoms with Gasteiger partial charge in [-0.05, 0) is 26.0 Å². The van der Waals surface area contributed by atoms with Gasteiger partial charge < -0.3 is 9.64 Å². The van der Waals surface area contributed by atoms with Gasteiger partial charge in [-0.2, -0.15) is 11.8 Å². The van der Waals surface area contributed by atoms with Crippen LogP contribution in [0.5, 0.6) is 0 Å². The smallest absolute Gasteiger partial charge is 0.358 e. The van der Waals surface area contributed by atoms with E-state index in [0.29, 0.717) is 18.3 Å². The van der Waals surface area contributed by atoms with Crippen molar-refractivity contribution in [2.45, 2.75) is 26.3 Å². The number of ether oxygens (including phenoxy) is 1. The van der Waals surface area contributed by atoms with Crippen LogP contribution in [-0.2, 0) is 4.74 Å². The fourth-order valence-corrected chi connectivity index (χ4v) is 4.10. The van der Waals surface area contributed by atoms with Crippen LogP contribution in [0, 0.1) is 6.92 Å². The number of carbonyl (C=O) groups is 1. The van der Waals surface area contributed by atoms with Crippen molar-refractivity contribution in [3.05, 3.63) is 10.6 Å². The third-order valence-corrected chi connectivity index (χ3v) is 5.22. The lowest BCUT2D eigenvalue weighted by atomic mass is 10.2. The lowest BCUT2D eigenvalue weighted by molar-refractivity contribution is 0.0519. The molecule has 1 aromatic rings. The van der Waals surface area contributed by atoms with Crippen LogP contribution >= 0.6 is 23.1 Å². The average Bonchev–Trinajstić information content (AvgIpc) is 2.97. The number of anilines is 1. The van der Waals surface area contributed by atoms with Gasteiger partial charge in [0.25, 0.3) is 0 Å². The summed E-state index contributed by atoms with van der Waals surface area (Å²) in [6.07, 6.45) is 1.19. The van der Waals surface area contributed by atoms with E-state index in [1.165, 1.54) is 12.2 Å². The molecular formula is C12H18N2O2S2. The summed E-state index contributed by atoms with van der Waals surface area (Å²) in [4.78, 5) is 19.3. The molecule has 1 aliphatic rings. The Balaban J connectivity index is 2.14. The second-order valence-corrected chi connectivity index (χ2v) is 6.58. The maximum absolute atomic E-state index is 11.7. The molecule has 0 aromatic carbocycles. The third-order valence-electron chi connectivity index (χ3n) is 3.01. The number of aromatic nitrogens is 1. The maximum atomic E-state index is 11.7. The standard InChI is InChI=1S/C12H18N2O2S2/c1-4-16-11(15)10-8(2)18-12(13-10)14(3)9-5-6-17-7-9/h9H,4-7H2,1-3H3. The molecule has 100 valence electrons. The van der Waals surface area contributed by atoms with E-state index in [4.69, 9.17) is 4.74 Å². The third kappa shape index (κ3) is 2.80. The SMILES string of the molecule is CCOC(=O)c1nc(N(C)C2CCSC2)sc1C. The summed E-state index contributed by atoms with van der Waals surface area (Å²) in [5.41, 5.74) is 0.467. The van der Waals surface area contributed by atoms with Gasteiger partial charge in [0.2, 0.25) is 0 Å². The van der Waals surface area contributed by atoms with Gasteiger partial charge in [0.05, 0.1) is 6.61 Å². The predicted octanol–water partition coefficient (Wildman–Crippen LogP) is 2.57. The highest BCUT2D eigenvalue weighted by molar-refractivity contribution is 7.99. The van der Waals surface area contributed by atoms with Gasteiger partial charge >= 0.3 is 5.97 Å². The monoisotopic (exact) mass is 286 g/mol. The van der Waals surface area contributed by atoms with E-state index in [1.807, 2.05) is 25.6 Å². The van der Waals surface area contributed by atoms with Gasteiger partial charge in [-0.25, -0.2) is 9.78 Å². The van der Waals surface area contributed by atoms with Crippen LogP contribution in [0.1, 0.15) is 28.7 Å². The molecule has 0 N–H and O–H groups in total. The first kappa shape index (κ1) is 13.7. The molecule has 2 heterocycles. The van der Waals surface area contributed by atoms with Gasteiger partial charge in [0, 0.05) is 23.7 Å². The van der Waals surface area contributed by atoms with Crippen molar-refractivity contribution in [3.8, 4) is 0 Å². The molecule has 18 heavy (non-hydrogen) atoms. The lowest BCUT2D eigenvalue weighted by Crippen LogP contribution is -2.31. The van der Waals surface area contributed by atoms with Crippen LogP contribution < -0.4 is 4.90 Å². The Bertz CT molecular complexity index is 428. The molecule has 1 atom stereocenters.